The van der Waals surface area contributed by atoms with Gasteiger partial charge in [-0.1, -0.05) is 28.9 Å². The van der Waals surface area contributed by atoms with Gasteiger partial charge in [-0.3, -0.25) is 9.69 Å². The van der Waals surface area contributed by atoms with Crippen LogP contribution in [0.15, 0.2) is 22.7 Å². The minimum absolute atomic E-state index is 0.0446. The van der Waals surface area contributed by atoms with Gasteiger partial charge in [0.15, 0.2) is 0 Å². The smallest absolute Gasteiger partial charge is 0.239 e. The largest absolute Gasteiger partial charge is 0.399 e. The fraction of sp³-hybridized carbons (Fsp3) is 0.533. The molecule has 1 aromatic carbocycles. The molecule has 2 rings (SSSR count). The van der Waals surface area contributed by atoms with Crippen molar-refractivity contribution in [1.29, 1.82) is 0 Å². The van der Waals surface area contributed by atoms with Crippen molar-refractivity contribution in [3.8, 4) is 0 Å². The molecular weight excluding hydrogens is 334 g/mol. The lowest BCUT2D eigenvalue weighted by molar-refractivity contribution is -0.132. The van der Waals surface area contributed by atoms with Gasteiger partial charge in [0.25, 0.3) is 0 Å². The third-order valence-electron chi connectivity index (χ3n) is 3.54. The molecule has 0 radical (unpaired) electrons. The lowest BCUT2D eigenvalue weighted by Gasteiger charge is -2.34. The van der Waals surface area contributed by atoms with Crippen LogP contribution < -0.4 is 11.1 Å². The van der Waals surface area contributed by atoms with Crippen molar-refractivity contribution >= 4 is 27.5 Å². The number of hydrogen-bond acceptors (Lipinski definition) is 4. The second-order valence-corrected chi connectivity index (χ2v) is 6.06. The van der Waals surface area contributed by atoms with Crippen molar-refractivity contribution in [2.24, 2.45) is 0 Å². The van der Waals surface area contributed by atoms with E-state index in [9.17, 15) is 4.79 Å². The van der Waals surface area contributed by atoms with E-state index in [0.717, 1.165) is 28.7 Å². The molecule has 6 heteroatoms. The minimum atomic E-state index is -0.227. The van der Waals surface area contributed by atoms with E-state index in [-0.39, 0.29) is 11.9 Å². The van der Waals surface area contributed by atoms with E-state index in [0.29, 0.717) is 26.3 Å². The molecular formula is C15H22BrN3O2. The molecule has 5 nitrogen and oxygen atoms in total. The van der Waals surface area contributed by atoms with Crippen molar-refractivity contribution in [2.75, 3.05) is 32.0 Å². The highest BCUT2D eigenvalue weighted by Crippen LogP contribution is 2.23. The molecule has 0 bridgehead atoms. The summed E-state index contributed by atoms with van der Waals surface area (Å²) in [5.74, 6) is 0.0446. The Balaban J connectivity index is 2.06. The maximum absolute atomic E-state index is 12.2. The van der Waals surface area contributed by atoms with Crippen LogP contribution in [-0.4, -0.2) is 43.2 Å². The van der Waals surface area contributed by atoms with Crippen LogP contribution in [0.4, 0.5) is 5.69 Å². The monoisotopic (exact) mass is 355 g/mol. The highest BCUT2D eigenvalue weighted by atomic mass is 79.9. The number of nitrogens with one attached hydrogen (secondary N) is 1. The van der Waals surface area contributed by atoms with Gasteiger partial charge in [0.1, 0.15) is 6.04 Å². The number of morpholine rings is 1. The molecule has 1 aromatic rings. The number of amides is 1. The van der Waals surface area contributed by atoms with E-state index in [1.807, 2.05) is 25.1 Å². The van der Waals surface area contributed by atoms with Crippen LogP contribution in [0.25, 0.3) is 0 Å². The van der Waals surface area contributed by atoms with Gasteiger partial charge in [0.05, 0.1) is 13.2 Å². The Labute approximate surface area is 134 Å². The Hall–Kier alpha value is -1.11. The van der Waals surface area contributed by atoms with Crippen molar-refractivity contribution in [3.63, 3.8) is 0 Å². The molecule has 116 valence electrons. The first kappa shape index (κ1) is 16.3. The van der Waals surface area contributed by atoms with E-state index in [1.54, 1.807) is 0 Å². The molecule has 0 saturated carbocycles. The molecule has 1 amide bonds. The number of halogens is 1. The fourth-order valence-corrected chi connectivity index (χ4v) is 2.87. The summed E-state index contributed by atoms with van der Waals surface area (Å²) in [6, 6.07) is 5.54. The van der Waals surface area contributed by atoms with Crippen molar-refractivity contribution < 1.29 is 9.53 Å². The van der Waals surface area contributed by atoms with E-state index in [4.69, 9.17) is 10.5 Å². The summed E-state index contributed by atoms with van der Waals surface area (Å²) in [7, 11) is 0. The molecule has 0 spiro atoms. The van der Waals surface area contributed by atoms with Crippen molar-refractivity contribution in [2.45, 2.75) is 25.9 Å². The molecule has 21 heavy (non-hydrogen) atoms. The van der Waals surface area contributed by atoms with E-state index < -0.39 is 0 Å². The average Bonchev–Trinajstić information content (AvgIpc) is 2.48. The quantitative estimate of drug-likeness (QED) is 0.789. The lowest BCUT2D eigenvalue weighted by Crippen LogP contribution is -2.53. The first-order valence-electron chi connectivity index (χ1n) is 7.25. The second-order valence-electron chi connectivity index (χ2n) is 5.20. The fourth-order valence-electron chi connectivity index (χ4n) is 2.35. The van der Waals surface area contributed by atoms with Crippen molar-refractivity contribution in [1.82, 2.24) is 10.2 Å². The summed E-state index contributed by atoms with van der Waals surface area (Å²) in [5, 5.41) is 2.95. The molecule has 1 aliphatic heterocycles. The summed E-state index contributed by atoms with van der Waals surface area (Å²) in [6.45, 7) is 5.30. The van der Waals surface area contributed by atoms with Crippen LogP contribution in [-0.2, 0) is 16.1 Å². The van der Waals surface area contributed by atoms with Gasteiger partial charge in [-0.05, 0) is 24.1 Å². The van der Waals surface area contributed by atoms with Gasteiger partial charge in [-0.2, -0.15) is 0 Å². The summed E-state index contributed by atoms with van der Waals surface area (Å²) < 4.78 is 6.44. The number of ether oxygens (including phenoxy) is 1. The van der Waals surface area contributed by atoms with Crippen LogP contribution in [0.5, 0.6) is 0 Å². The molecule has 1 fully saturated rings. The third kappa shape index (κ3) is 4.43. The third-order valence-corrected chi connectivity index (χ3v) is 4.28. The van der Waals surface area contributed by atoms with E-state index in [2.05, 4.69) is 26.1 Å². The van der Waals surface area contributed by atoms with Crippen LogP contribution in [0.2, 0.25) is 0 Å². The first-order valence-corrected chi connectivity index (χ1v) is 8.04. The molecule has 0 aromatic heterocycles. The number of carbonyl (C=O) groups is 1. The van der Waals surface area contributed by atoms with Gasteiger partial charge in [0, 0.05) is 29.8 Å². The standard InChI is InChI=1S/C15H22BrN3O2/c1-2-5-18-15(20)14-10-21-7-6-19(14)9-11-3-4-12(17)8-13(11)16/h3-4,8,14H,2,5-7,9-10,17H2,1H3,(H,18,20). The number of benzene rings is 1. The number of nitrogens with two attached hydrogens (primary N) is 1. The number of carbonyl (C=O) groups excluding carboxylic acids is 1. The molecule has 3 N–H and O–H groups in total. The molecule has 0 aliphatic carbocycles. The SMILES string of the molecule is CCCNC(=O)C1COCCN1Cc1ccc(N)cc1Br. The van der Waals surface area contributed by atoms with Gasteiger partial charge in [-0.15, -0.1) is 0 Å². The Morgan fingerprint density at radius 1 is 1.57 bits per heavy atom. The molecule has 1 aliphatic rings. The van der Waals surface area contributed by atoms with Gasteiger partial charge < -0.3 is 15.8 Å². The Morgan fingerprint density at radius 3 is 3.10 bits per heavy atom. The van der Waals surface area contributed by atoms with Gasteiger partial charge in [-0.25, -0.2) is 0 Å². The van der Waals surface area contributed by atoms with Crippen LogP contribution in [0, 0.1) is 0 Å². The zero-order chi connectivity index (χ0) is 15.2. The highest BCUT2D eigenvalue weighted by Gasteiger charge is 2.29. The van der Waals surface area contributed by atoms with Crippen LogP contribution >= 0.6 is 15.9 Å². The second kappa shape index (κ2) is 7.77. The molecule has 1 unspecified atom stereocenters. The summed E-state index contributed by atoms with van der Waals surface area (Å²) >= 11 is 3.53. The normalized spacial score (nSPS) is 19.4. The van der Waals surface area contributed by atoms with Gasteiger partial charge >= 0.3 is 0 Å². The number of anilines is 1. The number of hydrogen-bond donors (Lipinski definition) is 2. The lowest BCUT2D eigenvalue weighted by atomic mass is 10.1. The summed E-state index contributed by atoms with van der Waals surface area (Å²) in [4.78, 5) is 14.4. The predicted octanol–water partition coefficient (Wildman–Crippen LogP) is 1.76. The summed E-state index contributed by atoms with van der Waals surface area (Å²) in [5.41, 5.74) is 7.61. The topological polar surface area (TPSA) is 67.6 Å². The zero-order valence-electron chi connectivity index (χ0n) is 12.3. The zero-order valence-corrected chi connectivity index (χ0v) is 13.9. The average molecular weight is 356 g/mol. The molecule has 1 heterocycles. The van der Waals surface area contributed by atoms with Crippen molar-refractivity contribution in [3.05, 3.63) is 28.2 Å². The molecule has 1 atom stereocenters. The maximum Gasteiger partial charge on any atom is 0.239 e. The Morgan fingerprint density at radius 2 is 2.38 bits per heavy atom. The van der Waals surface area contributed by atoms with Crippen LogP contribution in [0.3, 0.4) is 0 Å². The number of nitrogens with zero attached hydrogens (tertiary/aromatic N) is 1. The molecule has 1 saturated heterocycles. The van der Waals surface area contributed by atoms with Gasteiger partial charge in [0.2, 0.25) is 5.91 Å². The minimum Gasteiger partial charge on any atom is -0.399 e. The number of nitrogen functional groups attached to an aromatic ring is 1. The highest BCUT2D eigenvalue weighted by molar-refractivity contribution is 9.10. The number of rotatable bonds is 5. The predicted molar refractivity (Wildman–Crippen MR) is 86.9 cm³/mol. The van der Waals surface area contributed by atoms with E-state index in [1.165, 1.54) is 0 Å². The first-order chi connectivity index (χ1) is 10.1. The van der Waals surface area contributed by atoms with E-state index >= 15 is 0 Å². The maximum atomic E-state index is 12.2. The van der Waals surface area contributed by atoms with Crippen LogP contribution in [0.1, 0.15) is 18.9 Å². The summed E-state index contributed by atoms with van der Waals surface area (Å²) in [6.07, 6.45) is 0.933. The Kier molecular flexibility index (Phi) is 6.02. The Bertz CT molecular complexity index is 496.